The highest BCUT2D eigenvalue weighted by molar-refractivity contribution is 7.19. The van der Waals surface area contributed by atoms with E-state index in [9.17, 15) is 4.79 Å². The van der Waals surface area contributed by atoms with E-state index in [0.717, 1.165) is 50.4 Å². The number of benzene rings is 1. The third-order valence-electron chi connectivity index (χ3n) is 5.29. The summed E-state index contributed by atoms with van der Waals surface area (Å²) >= 11 is 3.37. The Hall–Kier alpha value is -2.25. The average Bonchev–Trinajstić information content (AvgIpc) is 3.20. The van der Waals surface area contributed by atoms with Crippen LogP contribution in [0, 0.1) is 6.92 Å². The van der Waals surface area contributed by atoms with Crippen molar-refractivity contribution in [2.45, 2.75) is 52.5 Å². The first-order valence-corrected chi connectivity index (χ1v) is 11.4. The van der Waals surface area contributed by atoms with Crippen LogP contribution in [0.3, 0.4) is 0 Å². The Kier molecular flexibility index (Phi) is 4.25. The number of nitrogens with zero attached hydrogens (tertiary/aromatic N) is 3. The van der Waals surface area contributed by atoms with Gasteiger partial charge in [-0.05, 0) is 70.2 Å². The van der Waals surface area contributed by atoms with Gasteiger partial charge < -0.3 is 5.32 Å². The Balaban J connectivity index is 1.66. The number of hydrogen-bond acceptors (Lipinski definition) is 6. The molecule has 0 radical (unpaired) electrons. The van der Waals surface area contributed by atoms with E-state index in [2.05, 4.69) is 16.4 Å². The van der Waals surface area contributed by atoms with Crippen molar-refractivity contribution in [3.8, 4) is 0 Å². The number of anilines is 2. The van der Waals surface area contributed by atoms with Crippen LogP contribution in [0.2, 0.25) is 0 Å². The van der Waals surface area contributed by atoms with Crippen molar-refractivity contribution in [1.82, 2.24) is 14.5 Å². The van der Waals surface area contributed by atoms with Crippen LogP contribution in [0.25, 0.3) is 20.4 Å². The molecule has 144 valence electrons. The zero-order valence-electron chi connectivity index (χ0n) is 16.2. The highest BCUT2D eigenvalue weighted by Gasteiger charge is 2.23. The number of hydrogen-bond donors (Lipinski definition) is 1. The first-order valence-electron chi connectivity index (χ1n) is 9.72. The fourth-order valence-corrected chi connectivity index (χ4v) is 6.15. The number of thiazole rings is 1. The Labute approximate surface area is 171 Å². The molecule has 1 aromatic carbocycles. The first kappa shape index (κ1) is 17.8. The minimum Gasteiger partial charge on any atom is -0.325 e. The largest absolute Gasteiger partial charge is 0.325 e. The highest BCUT2D eigenvalue weighted by Crippen LogP contribution is 2.35. The van der Waals surface area contributed by atoms with Crippen LogP contribution >= 0.6 is 22.7 Å². The van der Waals surface area contributed by atoms with Gasteiger partial charge in [0, 0.05) is 16.6 Å². The fraction of sp³-hybridized carbons (Fsp3) is 0.381. The summed E-state index contributed by atoms with van der Waals surface area (Å²) < 4.78 is 2.93. The van der Waals surface area contributed by atoms with Crippen molar-refractivity contribution < 1.29 is 0 Å². The van der Waals surface area contributed by atoms with Gasteiger partial charge in [-0.3, -0.25) is 9.36 Å². The molecule has 0 fully saturated rings. The van der Waals surface area contributed by atoms with Gasteiger partial charge in [-0.2, -0.15) is 0 Å². The monoisotopic (exact) mass is 410 g/mol. The van der Waals surface area contributed by atoms with Gasteiger partial charge in [0.2, 0.25) is 5.95 Å². The van der Waals surface area contributed by atoms with E-state index < -0.39 is 0 Å². The van der Waals surface area contributed by atoms with Gasteiger partial charge in [-0.25, -0.2) is 9.97 Å². The predicted molar refractivity (Wildman–Crippen MR) is 119 cm³/mol. The Bertz CT molecular complexity index is 1270. The Morgan fingerprint density at radius 2 is 1.96 bits per heavy atom. The van der Waals surface area contributed by atoms with Crippen LogP contribution < -0.4 is 10.9 Å². The molecule has 0 aliphatic heterocycles. The molecule has 3 aromatic heterocycles. The van der Waals surface area contributed by atoms with E-state index >= 15 is 0 Å². The number of aryl methyl sites for hydroxylation is 3. The normalized spacial score (nSPS) is 14.1. The van der Waals surface area contributed by atoms with Gasteiger partial charge in [0.25, 0.3) is 5.56 Å². The maximum atomic E-state index is 13.4. The van der Waals surface area contributed by atoms with Crippen LogP contribution in [0.4, 0.5) is 11.6 Å². The molecule has 3 heterocycles. The summed E-state index contributed by atoms with van der Waals surface area (Å²) in [5.74, 6) is 0.617. The van der Waals surface area contributed by atoms with Crippen molar-refractivity contribution in [2.75, 3.05) is 5.32 Å². The van der Waals surface area contributed by atoms with Crippen molar-refractivity contribution in [3.05, 3.63) is 44.0 Å². The molecule has 4 aromatic rings. The van der Waals surface area contributed by atoms with E-state index in [1.807, 2.05) is 32.9 Å². The molecular weight excluding hydrogens is 388 g/mol. The average molecular weight is 411 g/mol. The lowest BCUT2D eigenvalue weighted by atomic mass is 9.97. The van der Waals surface area contributed by atoms with Crippen molar-refractivity contribution in [2.24, 2.45) is 0 Å². The SMILES string of the molecule is Cc1nc2ccc(Nc3nc4sc5c(c4c(=O)n3C(C)C)CCCC5)cc2s1. The van der Waals surface area contributed by atoms with Crippen molar-refractivity contribution in [1.29, 1.82) is 0 Å². The second-order valence-corrected chi connectivity index (χ2v) is 9.95. The number of rotatable bonds is 3. The molecule has 0 saturated heterocycles. The summed E-state index contributed by atoms with van der Waals surface area (Å²) in [6, 6.07) is 6.13. The quantitative estimate of drug-likeness (QED) is 0.479. The van der Waals surface area contributed by atoms with E-state index in [-0.39, 0.29) is 11.6 Å². The maximum absolute atomic E-state index is 13.4. The number of fused-ring (bicyclic) bond motifs is 4. The maximum Gasteiger partial charge on any atom is 0.264 e. The summed E-state index contributed by atoms with van der Waals surface area (Å²) in [7, 11) is 0. The molecule has 0 bridgehead atoms. The highest BCUT2D eigenvalue weighted by atomic mass is 32.1. The number of thiophene rings is 1. The van der Waals surface area contributed by atoms with E-state index in [0.29, 0.717) is 5.95 Å². The topological polar surface area (TPSA) is 59.8 Å². The summed E-state index contributed by atoms with van der Waals surface area (Å²) in [6.45, 7) is 6.09. The molecule has 0 amide bonds. The van der Waals surface area contributed by atoms with Gasteiger partial charge >= 0.3 is 0 Å². The van der Waals surface area contributed by atoms with Crippen molar-refractivity contribution in [3.63, 3.8) is 0 Å². The predicted octanol–water partition coefficient (Wildman–Crippen LogP) is 5.58. The van der Waals surface area contributed by atoms with E-state index in [1.165, 1.54) is 16.9 Å². The minimum absolute atomic E-state index is 0.0282. The molecule has 1 aliphatic rings. The third-order valence-corrected chi connectivity index (χ3v) is 7.41. The van der Waals surface area contributed by atoms with Crippen LogP contribution in [-0.2, 0) is 12.8 Å². The molecule has 0 unspecified atom stereocenters. The zero-order chi connectivity index (χ0) is 19.4. The molecule has 1 N–H and O–H groups in total. The Morgan fingerprint density at radius 3 is 2.79 bits per heavy atom. The van der Waals surface area contributed by atoms with Crippen molar-refractivity contribution >= 4 is 54.7 Å². The van der Waals surface area contributed by atoms with Gasteiger partial charge in [0.1, 0.15) is 4.83 Å². The molecule has 1 aliphatic carbocycles. The molecular formula is C21H22N4OS2. The summed E-state index contributed by atoms with van der Waals surface area (Å²) in [4.78, 5) is 25.0. The summed E-state index contributed by atoms with van der Waals surface area (Å²) in [5, 5.41) is 5.30. The van der Waals surface area contributed by atoms with Gasteiger partial charge in [0.15, 0.2) is 0 Å². The summed E-state index contributed by atoms with van der Waals surface area (Å²) in [6.07, 6.45) is 4.44. The standard InChI is InChI=1S/C21H22N4OS2/c1-11(2)25-20(26)18-14-6-4-5-7-16(14)28-19(18)24-21(25)23-13-8-9-15-17(10-13)27-12(3)22-15/h8-11H,4-7H2,1-3H3,(H,23,24). The zero-order valence-corrected chi connectivity index (χ0v) is 17.8. The lowest BCUT2D eigenvalue weighted by Gasteiger charge is -2.17. The third kappa shape index (κ3) is 2.84. The molecule has 7 heteroatoms. The van der Waals surface area contributed by atoms with E-state index in [4.69, 9.17) is 4.98 Å². The molecule has 0 spiro atoms. The molecule has 0 atom stereocenters. The van der Waals surface area contributed by atoms with Gasteiger partial charge in [-0.15, -0.1) is 22.7 Å². The second kappa shape index (κ2) is 6.67. The van der Waals surface area contributed by atoms with Gasteiger partial charge in [-0.1, -0.05) is 0 Å². The lowest BCUT2D eigenvalue weighted by molar-refractivity contribution is 0.582. The molecule has 5 rings (SSSR count). The second-order valence-electron chi connectivity index (χ2n) is 7.64. The lowest BCUT2D eigenvalue weighted by Crippen LogP contribution is -2.26. The Morgan fingerprint density at radius 1 is 1.14 bits per heavy atom. The van der Waals surface area contributed by atoms with Crippen LogP contribution in [0.15, 0.2) is 23.0 Å². The van der Waals surface area contributed by atoms with Crippen LogP contribution in [-0.4, -0.2) is 14.5 Å². The van der Waals surface area contributed by atoms with E-state index in [1.54, 1.807) is 27.2 Å². The smallest absolute Gasteiger partial charge is 0.264 e. The molecule has 5 nitrogen and oxygen atoms in total. The van der Waals surface area contributed by atoms with Crippen LogP contribution in [0.5, 0.6) is 0 Å². The number of aromatic nitrogens is 3. The number of nitrogens with one attached hydrogen (secondary N) is 1. The fourth-order valence-electron chi connectivity index (χ4n) is 4.03. The summed E-state index contributed by atoms with van der Waals surface area (Å²) in [5.41, 5.74) is 3.25. The van der Waals surface area contributed by atoms with Gasteiger partial charge in [0.05, 0.1) is 20.6 Å². The molecule has 28 heavy (non-hydrogen) atoms. The minimum atomic E-state index is 0.0282. The van der Waals surface area contributed by atoms with Crippen LogP contribution in [0.1, 0.15) is 48.2 Å². The molecule has 0 saturated carbocycles. The first-order chi connectivity index (χ1) is 13.5.